The van der Waals surface area contributed by atoms with Gasteiger partial charge < -0.3 is 5.11 Å². The van der Waals surface area contributed by atoms with Gasteiger partial charge in [0, 0.05) is 4.47 Å². The maximum Gasteiger partial charge on any atom is 0.0552 e. The highest BCUT2D eigenvalue weighted by atomic mass is 79.9. The fraction of sp³-hybridized carbons (Fsp3) is 0.571. The molecule has 0 aromatic heterocycles. The van der Waals surface area contributed by atoms with E-state index in [2.05, 4.69) is 45.9 Å². The Morgan fingerprint density at radius 2 is 2.12 bits per heavy atom. The lowest BCUT2D eigenvalue weighted by molar-refractivity contribution is 0.195. The van der Waals surface area contributed by atoms with Gasteiger partial charge in [-0.15, -0.1) is 0 Å². The van der Waals surface area contributed by atoms with E-state index in [1.54, 1.807) is 0 Å². The lowest BCUT2D eigenvalue weighted by Gasteiger charge is -2.23. The molecule has 0 radical (unpaired) electrons. The van der Waals surface area contributed by atoms with Crippen LogP contribution in [0.3, 0.4) is 0 Å². The van der Waals surface area contributed by atoms with Gasteiger partial charge in [0.1, 0.15) is 0 Å². The number of aliphatic hydroxyl groups excluding tert-OH is 1. The van der Waals surface area contributed by atoms with Gasteiger partial charge in [-0.3, -0.25) is 0 Å². The van der Waals surface area contributed by atoms with Crippen LogP contribution in [0.5, 0.6) is 0 Å². The van der Waals surface area contributed by atoms with Crippen molar-refractivity contribution in [3.8, 4) is 0 Å². The maximum absolute atomic E-state index is 9.40. The molecule has 1 aliphatic heterocycles. The van der Waals surface area contributed by atoms with E-state index < -0.39 is 0 Å². The number of rotatable bonds is 3. The smallest absolute Gasteiger partial charge is 0.0552 e. The van der Waals surface area contributed by atoms with Crippen LogP contribution in [0.25, 0.3) is 0 Å². The van der Waals surface area contributed by atoms with Crippen LogP contribution in [-0.4, -0.2) is 22.7 Å². The van der Waals surface area contributed by atoms with Gasteiger partial charge in [-0.25, -0.2) is 0 Å². The molecule has 1 aromatic carbocycles. The molecule has 17 heavy (non-hydrogen) atoms. The zero-order valence-corrected chi connectivity index (χ0v) is 12.6. The third-order valence-corrected chi connectivity index (χ3v) is 4.99. The molecule has 1 nitrogen and oxygen atoms in total. The summed E-state index contributed by atoms with van der Waals surface area (Å²) in [6, 6.07) is 6.57. The van der Waals surface area contributed by atoms with Crippen molar-refractivity contribution in [2.75, 3.05) is 11.5 Å². The van der Waals surface area contributed by atoms with Crippen molar-refractivity contribution in [3.63, 3.8) is 0 Å². The molecule has 1 heterocycles. The van der Waals surface area contributed by atoms with Gasteiger partial charge in [-0.1, -0.05) is 28.1 Å². The average Bonchev–Trinajstić information content (AvgIpc) is 2.29. The quantitative estimate of drug-likeness (QED) is 0.910. The van der Waals surface area contributed by atoms with Gasteiger partial charge >= 0.3 is 0 Å². The van der Waals surface area contributed by atoms with Crippen molar-refractivity contribution >= 4 is 27.7 Å². The summed E-state index contributed by atoms with van der Waals surface area (Å²) in [7, 11) is 0. The number of halogens is 1. The van der Waals surface area contributed by atoms with E-state index in [0.717, 1.165) is 6.42 Å². The summed E-state index contributed by atoms with van der Waals surface area (Å²) in [5.41, 5.74) is 2.65. The van der Waals surface area contributed by atoms with Gasteiger partial charge in [0.05, 0.1) is 6.10 Å². The molecule has 0 aliphatic carbocycles. The van der Waals surface area contributed by atoms with Crippen LogP contribution in [0.1, 0.15) is 36.8 Å². The van der Waals surface area contributed by atoms with Gasteiger partial charge in [0.2, 0.25) is 0 Å². The minimum absolute atomic E-state index is 0.265. The van der Waals surface area contributed by atoms with Crippen molar-refractivity contribution in [1.29, 1.82) is 0 Å². The molecule has 0 amide bonds. The summed E-state index contributed by atoms with van der Waals surface area (Å²) in [6.45, 7) is 1.83. The number of hydrogen-bond donors (Lipinski definition) is 1. The van der Waals surface area contributed by atoms with Crippen molar-refractivity contribution in [2.45, 2.75) is 38.2 Å². The van der Waals surface area contributed by atoms with Gasteiger partial charge in [-0.05, 0) is 60.8 Å². The first-order valence-electron chi connectivity index (χ1n) is 6.21. The number of benzene rings is 1. The molecule has 1 aromatic rings. The molecule has 1 saturated heterocycles. The number of aliphatic hydroxyl groups is 1. The molecule has 3 heteroatoms. The van der Waals surface area contributed by atoms with Gasteiger partial charge in [0.15, 0.2) is 0 Å². The van der Waals surface area contributed by atoms with Crippen molar-refractivity contribution < 1.29 is 5.11 Å². The first-order chi connectivity index (χ1) is 8.16. The zero-order valence-electron chi connectivity index (χ0n) is 10.2. The Labute approximate surface area is 116 Å². The highest BCUT2D eigenvalue weighted by Crippen LogP contribution is 2.35. The minimum atomic E-state index is -0.265. The second kappa shape index (κ2) is 6.26. The fourth-order valence-electron chi connectivity index (χ4n) is 2.38. The Balaban J connectivity index is 2.13. The van der Waals surface area contributed by atoms with E-state index >= 15 is 0 Å². The first-order valence-corrected chi connectivity index (χ1v) is 8.15. The molecule has 1 N–H and O–H groups in total. The van der Waals surface area contributed by atoms with E-state index in [4.69, 9.17) is 0 Å². The second-order valence-corrected chi connectivity index (χ2v) is 6.87. The Hall–Kier alpha value is 0.01000. The first kappa shape index (κ1) is 13.4. The molecule has 1 atom stereocenters. The van der Waals surface area contributed by atoms with Crippen molar-refractivity contribution in [2.24, 2.45) is 0 Å². The highest BCUT2D eigenvalue weighted by molar-refractivity contribution is 9.10. The molecule has 1 fully saturated rings. The van der Waals surface area contributed by atoms with Crippen LogP contribution in [0, 0.1) is 0 Å². The molecule has 0 saturated carbocycles. The summed E-state index contributed by atoms with van der Waals surface area (Å²) in [6.07, 6.45) is 3.05. The van der Waals surface area contributed by atoms with Crippen molar-refractivity contribution in [1.82, 2.24) is 0 Å². The Morgan fingerprint density at radius 1 is 1.41 bits per heavy atom. The minimum Gasteiger partial charge on any atom is -0.393 e. The van der Waals surface area contributed by atoms with E-state index in [1.165, 1.54) is 39.9 Å². The highest BCUT2D eigenvalue weighted by Gasteiger charge is 2.18. The predicted molar refractivity (Wildman–Crippen MR) is 78.8 cm³/mol. The van der Waals surface area contributed by atoms with Crippen LogP contribution in [-0.2, 0) is 6.42 Å². The molecular weight excluding hydrogens is 296 g/mol. The summed E-state index contributed by atoms with van der Waals surface area (Å²) >= 11 is 5.75. The third kappa shape index (κ3) is 3.73. The maximum atomic E-state index is 9.40. The molecule has 94 valence electrons. The standard InChI is InChI=1S/C14H19BrOS/c1-10(16)8-11-2-3-13(14(15)9-11)12-4-6-17-7-5-12/h2-3,9-10,12,16H,4-8H2,1H3. The third-order valence-electron chi connectivity index (χ3n) is 3.26. The topological polar surface area (TPSA) is 20.2 Å². The molecular formula is C14H19BrOS. The van der Waals surface area contributed by atoms with E-state index in [0.29, 0.717) is 5.92 Å². The predicted octanol–water partition coefficient (Wildman–Crippen LogP) is 3.98. The Bertz CT molecular complexity index is 372. The number of hydrogen-bond acceptors (Lipinski definition) is 2. The summed E-state index contributed by atoms with van der Waals surface area (Å²) < 4.78 is 1.22. The van der Waals surface area contributed by atoms with E-state index in [9.17, 15) is 5.11 Å². The molecule has 1 aliphatic rings. The summed E-state index contributed by atoms with van der Waals surface area (Å²) in [5, 5.41) is 9.40. The second-order valence-electron chi connectivity index (χ2n) is 4.80. The van der Waals surface area contributed by atoms with E-state index in [-0.39, 0.29) is 6.10 Å². The van der Waals surface area contributed by atoms with Crippen molar-refractivity contribution in [3.05, 3.63) is 33.8 Å². The lowest BCUT2D eigenvalue weighted by Crippen LogP contribution is -2.09. The average molecular weight is 315 g/mol. The number of thioether (sulfide) groups is 1. The molecule has 1 unspecified atom stereocenters. The SMILES string of the molecule is CC(O)Cc1ccc(C2CCSCC2)c(Br)c1. The monoisotopic (exact) mass is 314 g/mol. The normalized spacial score (nSPS) is 19.2. The molecule has 0 spiro atoms. The molecule has 0 bridgehead atoms. The molecule has 2 rings (SSSR count). The Morgan fingerprint density at radius 3 is 2.71 bits per heavy atom. The van der Waals surface area contributed by atoms with Crippen LogP contribution >= 0.6 is 27.7 Å². The van der Waals surface area contributed by atoms with Gasteiger partial charge in [-0.2, -0.15) is 11.8 Å². The summed E-state index contributed by atoms with van der Waals surface area (Å²) in [4.78, 5) is 0. The van der Waals surface area contributed by atoms with Crippen LogP contribution in [0.15, 0.2) is 22.7 Å². The largest absolute Gasteiger partial charge is 0.393 e. The van der Waals surface area contributed by atoms with Crippen LogP contribution < -0.4 is 0 Å². The van der Waals surface area contributed by atoms with Crippen LogP contribution in [0.4, 0.5) is 0 Å². The lowest BCUT2D eigenvalue weighted by atomic mass is 9.92. The van der Waals surface area contributed by atoms with Gasteiger partial charge in [0.25, 0.3) is 0 Å². The van der Waals surface area contributed by atoms with Crippen LogP contribution in [0.2, 0.25) is 0 Å². The van der Waals surface area contributed by atoms with E-state index in [1.807, 2.05) is 6.92 Å². The summed E-state index contributed by atoms with van der Waals surface area (Å²) in [5.74, 6) is 3.28. The zero-order chi connectivity index (χ0) is 12.3. The fourth-order valence-corrected chi connectivity index (χ4v) is 4.23. The Kier molecular flexibility index (Phi) is 4.95.